The normalized spacial score (nSPS) is 17.7. The molecule has 2 N–H and O–H groups in total. The molecule has 2 rings (SSSR count). The molecule has 1 aliphatic rings. The first kappa shape index (κ1) is 12.4. The lowest BCUT2D eigenvalue weighted by molar-refractivity contribution is 0.620. The number of hydrogen-bond donors (Lipinski definition) is 2. The molecule has 0 unspecified atom stereocenters. The van der Waals surface area contributed by atoms with Crippen molar-refractivity contribution in [1.29, 1.82) is 0 Å². The van der Waals surface area contributed by atoms with Crippen LogP contribution in [0, 0.1) is 0 Å². The van der Waals surface area contributed by atoms with Gasteiger partial charge in [-0.3, -0.25) is 0 Å². The Balaban J connectivity index is 1.94. The Hall–Kier alpha value is -1.02. The highest BCUT2D eigenvalue weighted by atomic mass is 14.9. The summed E-state index contributed by atoms with van der Waals surface area (Å²) < 4.78 is 0. The van der Waals surface area contributed by atoms with Crippen molar-refractivity contribution in [2.24, 2.45) is 0 Å². The lowest BCUT2D eigenvalue weighted by Crippen LogP contribution is -2.18. The van der Waals surface area contributed by atoms with Gasteiger partial charge in [0.15, 0.2) is 0 Å². The van der Waals surface area contributed by atoms with Gasteiger partial charge in [-0.05, 0) is 37.6 Å². The third-order valence-electron chi connectivity index (χ3n) is 3.53. The Morgan fingerprint density at radius 3 is 2.59 bits per heavy atom. The van der Waals surface area contributed by atoms with Crippen LogP contribution in [0.25, 0.3) is 0 Å². The minimum absolute atomic E-state index is 0.683. The minimum atomic E-state index is 0.683. The van der Waals surface area contributed by atoms with Crippen LogP contribution in [0.3, 0.4) is 0 Å². The van der Waals surface area contributed by atoms with Crippen molar-refractivity contribution in [1.82, 2.24) is 5.32 Å². The molecule has 0 saturated heterocycles. The van der Waals surface area contributed by atoms with Crippen molar-refractivity contribution in [2.45, 2.75) is 51.1 Å². The highest BCUT2D eigenvalue weighted by molar-refractivity contribution is 5.46. The molecule has 0 radical (unpaired) electrons. The number of hydrogen-bond acceptors (Lipinski definition) is 2. The molecule has 1 aromatic carbocycles. The number of benzene rings is 1. The lowest BCUT2D eigenvalue weighted by Gasteiger charge is -2.18. The molecule has 0 aliphatic heterocycles. The first-order chi connectivity index (χ1) is 8.38. The number of anilines is 1. The van der Waals surface area contributed by atoms with E-state index < -0.39 is 0 Å². The molecule has 0 heterocycles. The molecule has 0 spiro atoms. The van der Waals surface area contributed by atoms with Gasteiger partial charge in [-0.2, -0.15) is 0 Å². The second-order valence-electron chi connectivity index (χ2n) is 5.06. The van der Waals surface area contributed by atoms with Gasteiger partial charge in [0.2, 0.25) is 0 Å². The largest absolute Gasteiger partial charge is 0.382 e. The maximum Gasteiger partial charge on any atom is 0.0345 e. The van der Waals surface area contributed by atoms with Crippen LogP contribution < -0.4 is 10.6 Å². The Labute approximate surface area is 105 Å². The standard InChI is InChI=1S/C15H24N2/c1-16-12-13-7-6-10-15(11-13)17-14-8-4-2-3-5-9-14/h6-7,10-11,14,16-17H,2-5,8-9,12H2,1H3. The van der Waals surface area contributed by atoms with Gasteiger partial charge in [0.05, 0.1) is 0 Å². The van der Waals surface area contributed by atoms with Gasteiger partial charge >= 0.3 is 0 Å². The highest BCUT2D eigenvalue weighted by Gasteiger charge is 2.11. The van der Waals surface area contributed by atoms with Gasteiger partial charge in [-0.15, -0.1) is 0 Å². The molecule has 0 amide bonds. The molecular weight excluding hydrogens is 208 g/mol. The smallest absolute Gasteiger partial charge is 0.0345 e. The van der Waals surface area contributed by atoms with Gasteiger partial charge in [0, 0.05) is 18.3 Å². The molecule has 1 aromatic rings. The fourth-order valence-corrected chi connectivity index (χ4v) is 2.63. The zero-order valence-corrected chi connectivity index (χ0v) is 10.8. The molecule has 1 aliphatic carbocycles. The first-order valence-electron chi connectivity index (χ1n) is 6.88. The van der Waals surface area contributed by atoms with E-state index in [9.17, 15) is 0 Å². The monoisotopic (exact) mass is 232 g/mol. The Morgan fingerprint density at radius 1 is 1.12 bits per heavy atom. The fraction of sp³-hybridized carbons (Fsp3) is 0.600. The van der Waals surface area contributed by atoms with Crippen molar-refractivity contribution in [3.8, 4) is 0 Å². The van der Waals surface area contributed by atoms with Gasteiger partial charge < -0.3 is 10.6 Å². The topological polar surface area (TPSA) is 24.1 Å². The fourth-order valence-electron chi connectivity index (χ4n) is 2.63. The summed E-state index contributed by atoms with van der Waals surface area (Å²) in [6.07, 6.45) is 8.25. The van der Waals surface area contributed by atoms with E-state index >= 15 is 0 Å². The van der Waals surface area contributed by atoms with Crippen LogP contribution in [0.4, 0.5) is 5.69 Å². The average molecular weight is 232 g/mol. The zero-order valence-electron chi connectivity index (χ0n) is 10.8. The van der Waals surface area contributed by atoms with E-state index in [2.05, 4.69) is 34.9 Å². The highest BCUT2D eigenvalue weighted by Crippen LogP contribution is 2.21. The second kappa shape index (κ2) is 6.65. The van der Waals surface area contributed by atoms with E-state index in [0.717, 1.165) is 6.54 Å². The van der Waals surface area contributed by atoms with E-state index in [1.165, 1.54) is 49.8 Å². The van der Waals surface area contributed by atoms with Gasteiger partial charge in [-0.25, -0.2) is 0 Å². The predicted molar refractivity (Wildman–Crippen MR) is 74.3 cm³/mol. The van der Waals surface area contributed by atoms with E-state index in [1.54, 1.807) is 0 Å². The predicted octanol–water partition coefficient (Wildman–Crippen LogP) is 3.54. The van der Waals surface area contributed by atoms with Crippen LogP contribution in [0.5, 0.6) is 0 Å². The summed E-state index contributed by atoms with van der Waals surface area (Å²) in [4.78, 5) is 0. The molecule has 94 valence electrons. The van der Waals surface area contributed by atoms with Crippen LogP contribution in [-0.4, -0.2) is 13.1 Å². The molecule has 0 aromatic heterocycles. The Morgan fingerprint density at radius 2 is 1.88 bits per heavy atom. The minimum Gasteiger partial charge on any atom is -0.382 e. The summed E-state index contributed by atoms with van der Waals surface area (Å²) >= 11 is 0. The summed E-state index contributed by atoms with van der Waals surface area (Å²) in [7, 11) is 1.99. The third-order valence-corrected chi connectivity index (χ3v) is 3.53. The quantitative estimate of drug-likeness (QED) is 0.776. The van der Waals surface area contributed by atoms with Gasteiger partial charge in [-0.1, -0.05) is 37.8 Å². The second-order valence-corrected chi connectivity index (χ2v) is 5.06. The maximum atomic E-state index is 3.69. The van der Waals surface area contributed by atoms with Crippen LogP contribution in [0.15, 0.2) is 24.3 Å². The third kappa shape index (κ3) is 4.04. The molecule has 17 heavy (non-hydrogen) atoms. The lowest BCUT2D eigenvalue weighted by atomic mass is 10.1. The SMILES string of the molecule is CNCc1cccc(NC2CCCCCC2)c1. The molecule has 1 fully saturated rings. The van der Waals surface area contributed by atoms with Gasteiger partial charge in [0.1, 0.15) is 0 Å². The van der Waals surface area contributed by atoms with Crippen molar-refractivity contribution < 1.29 is 0 Å². The maximum absolute atomic E-state index is 3.69. The van der Waals surface area contributed by atoms with Crippen molar-refractivity contribution in [3.05, 3.63) is 29.8 Å². The molecule has 2 heteroatoms. The van der Waals surface area contributed by atoms with Gasteiger partial charge in [0.25, 0.3) is 0 Å². The van der Waals surface area contributed by atoms with Crippen LogP contribution in [0.2, 0.25) is 0 Å². The van der Waals surface area contributed by atoms with E-state index in [4.69, 9.17) is 0 Å². The summed E-state index contributed by atoms with van der Waals surface area (Å²) in [6, 6.07) is 9.45. The first-order valence-corrected chi connectivity index (χ1v) is 6.88. The number of rotatable bonds is 4. The Kier molecular flexibility index (Phi) is 4.87. The summed E-state index contributed by atoms with van der Waals surface area (Å²) in [6.45, 7) is 0.945. The summed E-state index contributed by atoms with van der Waals surface area (Å²) in [5, 5.41) is 6.89. The molecule has 2 nitrogen and oxygen atoms in total. The van der Waals surface area contributed by atoms with Crippen molar-refractivity contribution in [2.75, 3.05) is 12.4 Å². The van der Waals surface area contributed by atoms with E-state index in [0.29, 0.717) is 6.04 Å². The van der Waals surface area contributed by atoms with E-state index in [-0.39, 0.29) is 0 Å². The molecule has 0 bridgehead atoms. The Bertz CT molecular complexity index is 327. The van der Waals surface area contributed by atoms with Crippen LogP contribution >= 0.6 is 0 Å². The number of nitrogens with one attached hydrogen (secondary N) is 2. The van der Waals surface area contributed by atoms with Crippen molar-refractivity contribution in [3.63, 3.8) is 0 Å². The van der Waals surface area contributed by atoms with E-state index in [1.807, 2.05) is 7.05 Å². The average Bonchev–Trinajstić information content (AvgIpc) is 2.59. The summed E-state index contributed by atoms with van der Waals surface area (Å²) in [5.74, 6) is 0. The van der Waals surface area contributed by atoms with Crippen molar-refractivity contribution >= 4 is 5.69 Å². The molecule has 1 saturated carbocycles. The summed E-state index contributed by atoms with van der Waals surface area (Å²) in [5.41, 5.74) is 2.63. The van der Waals surface area contributed by atoms with Crippen LogP contribution in [-0.2, 0) is 6.54 Å². The van der Waals surface area contributed by atoms with Crippen LogP contribution in [0.1, 0.15) is 44.1 Å². The molecule has 0 atom stereocenters. The zero-order chi connectivity index (χ0) is 11.9. The molecular formula is C15H24N2.